The molecule has 6 nitrogen and oxygen atoms in total. The zero-order valence-electron chi connectivity index (χ0n) is 9.27. The number of phenolic OH excluding ortho intramolecular Hbond substituents is 1. The number of aromatic hydroxyl groups is 1. The molecular weight excluding hydrogens is 226 g/mol. The van der Waals surface area contributed by atoms with Crippen molar-refractivity contribution in [2.24, 2.45) is 5.73 Å². The average Bonchev–Trinajstić information content (AvgIpc) is 2.28. The van der Waals surface area contributed by atoms with E-state index in [2.05, 4.69) is 0 Å². The molecule has 0 aliphatic rings. The number of ether oxygens (including phenoxy) is 1. The molecule has 0 bridgehead atoms. The van der Waals surface area contributed by atoms with Crippen LogP contribution < -0.4 is 10.5 Å². The van der Waals surface area contributed by atoms with Gasteiger partial charge < -0.3 is 20.7 Å². The first-order valence-corrected chi connectivity index (χ1v) is 4.88. The second-order valence-corrected chi connectivity index (χ2v) is 3.34. The van der Waals surface area contributed by atoms with Gasteiger partial charge in [-0.1, -0.05) is 0 Å². The van der Waals surface area contributed by atoms with Crippen molar-refractivity contribution in [3.05, 3.63) is 23.3 Å². The SMILES string of the molecule is COc1cc(O)c(C(=O)CCN)cc1C(=O)O. The lowest BCUT2D eigenvalue weighted by atomic mass is 10.0. The highest BCUT2D eigenvalue weighted by atomic mass is 16.5. The molecule has 0 saturated heterocycles. The van der Waals surface area contributed by atoms with E-state index in [0.717, 1.165) is 12.1 Å². The first kappa shape index (κ1) is 13.0. The third-order valence-corrected chi connectivity index (χ3v) is 2.22. The van der Waals surface area contributed by atoms with Crippen LogP contribution in [0.2, 0.25) is 0 Å². The second kappa shape index (κ2) is 5.31. The number of nitrogens with two attached hydrogens (primary N) is 1. The molecule has 0 saturated carbocycles. The standard InChI is InChI=1S/C11H13NO5/c1-17-10-5-9(14)6(8(13)2-3-12)4-7(10)11(15)16/h4-5,14H,2-3,12H2,1H3,(H,15,16). The van der Waals surface area contributed by atoms with E-state index in [4.69, 9.17) is 15.6 Å². The summed E-state index contributed by atoms with van der Waals surface area (Å²) in [6.45, 7) is 0.132. The molecule has 4 N–H and O–H groups in total. The summed E-state index contributed by atoms with van der Waals surface area (Å²) in [7, 11) is 1.28. The van der Waals surface area contributed by atoms with Crippen molar-refractivity contribution in [2.45, 2.75) is 6.42 Å². The Morgan fingerprint density at radius 1 is 1.35 bits per heavy atom. The largest absolute Gasteiger partial charge is 0.507 e. The number of methoxy groups -OCH3 is 1. The van der Waals surface area contributed by atoms with Crippen LogP contribution in [0.1, 0.15) is 27.1 Å². The number of aromatic carboxylic acids is 1. The van der Waals surface area contributed by atoms with Crippen LogP contribution in [0.25, 0.3) is 0 Å². The lowest BCUT2D eigenvalue weighted by Gasteiger charge is -2.09. The summed E-state index contributed by atoms with van der Waals surface area (Å²) >= 11 is 0. The zero-order valence-corrected chi connectivity index (χ0v) is 9.27. The number of rotatable bonds is 5. The van der Waals surface area contributed by atoms with Crippen LogP contribution in [0.5, 0.6) is 11.5 Å². The van der Waals surface area contributed by atoms with Crippen LogP contribution in [-0.2, 0) is 0 Å². The minimum atomic E-state index is -1.23. The summed E-state index contributed by atoms with van der Waals surface area (Å²) in [5, 5.41) is 18.5. The van der Waals surface area contributed by atoms with Crippen molar-refractivity contribution in [1.82, 2.24) is 0 Å². The predicted molar refractivity (Wildman–Crippen MR) is 59.6 cm³/mol. The Morgan fingerprint density at radius 2 is 2.00 bits per heavy atom. The van der Waals surface area contributed by atoms with Crippen molar-refractivity contribution < 1.29 is 24.5 Å². The van der Waals surface area contributed by atoms with Gasteiger partial charge in [-0.15, -0.1) is 0 Å². The maximum Gasteiger partial charge on any atom is 0.339 e. The molecule has 1 aromatic carbocycles. The number of Topliss-reactive ketones (excluding diaryl/α,β-unsaturated/α-hetero) is 1. The quantitative estimate of drug-likeness (QED) is 0.650. The minimum Gasteiger partial charge on any atom is -0.507 e. The van der Waals surface area contributed by atoms with Gasteiger partial charge in [0.05, 0.1) is 12.7 Å². The van der Waals surface area contributed by atoms with Gasteiger partial charge in [0.2, 0.25) is 0 Å². The van der Waals surface area contributed by atoms with E-state index < -0.39 is 11.8 Å². The molecule has 0 aliphatic heterocycles. The third-order valence-electron chi connectivity index (χ3n) is 2.22. The fourth-order valence-electron chi connectivity index (χ4n) is 1.39. The van der Waals surface area contributed by atoms with Gasteiger partial charge >= 0.3 is 5.97 Å². The molecule has 0 heterocycles. The topological polar surface area (TPSA) is 110 Å². The van der Waals surface area contributed by atoms with E-state index in [1.165, 1.54) is 7.11 Å². The summed E-state index contributed by atoms with van der Waals surface area (Å²) in [6.07, 6.45) is 0.0406. The highest BCUT2D eigenvalue weighted by Gasteiger charge is 2.18. The van der Waals surface area contributed by atoms with Crippen molar-refractivity contribution in [3.63, 3.8) is 0 Å². The van der Waals surface area contributed by atoms with Crippen LogP contribution in [-0.4, -0.2) is 35.6 Å². The van der Waals surface area contributed by atoms with Crippen LogP contribution in [0.3, 0.4) is 0 Å². The smallest absolute Gasteiger partial charge is 0.339 e. The van der Waals surface area contributed by atoms with E-state index in [9.17, 15) is 14.7 Å². The molecule has 0 amide bonds. The van der Waals surface area contributed by atoms with Crippen molar-refractivity contribution >= 4 is 11.8 Å². The van der Waals surface area contributed by atoms with Gasteiger partial charge in [-0.2, -0.15) is 0 Å². The molecule has 0 spiro atoms. The van der Waals surface area contributed by atoms with Crippen LogP contribution in [0.15, 0.2) is 12.1 Å². The Bertz CT molecular complexity index is 455. The molecule has 0 fully saturated rings. The van der Waals surface area contributed by atoms with Gasteiger partial charge in [0.15, 0.2) is 5.78 Å². The number of carboxylic acids is 1. The van der Waals surface area contributed by atoms with E-state index in [0.29, 0.717) is 0 Å². The molecule has 92 valence electrons. The van der Waals surface area contributed by atoms with Crippen LogP contribution in [0.4, 0.5) is 0 Å². The summed E-state index contributed by atoms with van der Waals surface area (Å²) in [5.74, 6) is -1.96. The number of carbonyl (C=O) groups excluding carboxylic acids is 1. The van der Waals surface area contributed by atoms with Crippen molar-refractivity contribution in [3.8, 4) is 11.5 Å². The highest BCUT2D eigenvalue weighted by Crippen LogP contribution is 2.29. The van der Waals surface area contributed by atoms with E-state index in [1.54, 1.807) is 0 Å². The number of benzene rings is 1. The van der Waals surface area contributed by atoms with Crippen LogP contribution in [0, 0.1) is 0 Å². The molecule has 6 heteroatoms. The number of carboxylic acid groups (broad SMARTS) is 1. The summed E-state index contributed by atoms with van der Waals surface area (Å²) in [5.41, 5.74) is 4.99. The number of carbonyl (C=O) groups is 2. The average molecular weight is 239 g/mol. The van der Waals surface area contributed by atoms with Crippen LogP contribution >= 0.6 is 0 Å². The molecule has 0 aliphatic carbocycles. The number of hydrogen-bond donors (Lipinski definition) is 3. The summed E-state index contributed by atoms with van der Waals surface area (Å²) in [4.78, 5) is 22.5. The molecule has 0 aromatic heterocycles. The first-order chi connectivity index (χ1) is 8.01. The molecule has 1 rings (SSSR count). The monoisotopic (exact) mass is 239 g/mol. The number of phenols is 1. The maximum atomic E-state index is 11.6. The third kappa shape index (κ3) is 2.73. The Morgan fingerprint density at radius 3 is 2.47 bits per heavy atom. The molecule has 0 unspecified atom stereocenters. The van der Waals surface area contributed by atoms with E-state index in [-0.39, 0.29) is 35.6 Å². The zero-order chi connectivity index (χ0) is 13.0. The number of hydrogen-bond acceptors (Lipinski definition) is 5. The van der Waals surface area contributed by atoms with Gasteiger partial charge in [-0.25, -0.2) is 4.79 Å². The van der Waals surface area contributed by atoms with Gasteiger partial charge in [0, 0.05) is 12.5 Å². The molecule has 0 radical (unpaired) electrons. The predicted octanol–water partition coefficient (Wildman–Crippen LogP) is 0.631. The lowest BCUT2D eigenvalue weighted by molar-refractivity contribution is 0.0693. The van der Waals surface area contributed by atoms with E-state index >= 15 is 0 Å². The lowest BCUT2D eigenvalue weighted by Crippen LogP contribution is -2.10. The molecular formula is C11H13NO5. The van der Waals surface area contributed by atoms with E-state index in [1.807, 2.05) is 0 Å². The first-order valence-electron chi connectivity index (χ1n) is 4.88. The summed E-state index contributed by atoms with van der Waals surface area (Å²) < 4.78 is 4.81. The highest BCUT2D eigenvalue weighted by molar-refractivity contribution is 6.02. The van der Waals surface area contributed by atoms with Gasteiger partial charge in [-0.05, 0) is 12.6 Å². The minimum absolute atomic E-state index is 0.000650. The summed E-state index contributed by atoms with van der Waals surface area (Å²) in [6, 6.07) is 2.20. The Kier molecular flexibility index (Phi) is 4.06. The van der Waals surface area contributed by atoms with Gasteiger partial charge in [-0.3, -0.25) is 4.79 Å². The van der Waals surface area contributed by atoms with Gasteiger partial charge in [0.1, 0.15) is 17.1 Å². The molecule has 17 heavy (non-hydrogen) atoms. The Labute approximate surface area is 97.6 Å². The Hall–Kier alpha value is -2.08. The Balaban J connectivity index is 3.29. The molecule has 1 aromatic rings. The van der Waals surface area contributed by atoms with Crippen molar-refractivity contribution in [2.75, 3.05) is 13.7 Å². The maximum absolute atomic E-state index is 11.6. The second-order valence-electron chi connectivity index (χ2n) is 3.34. The van der Waals surface area contributed by atoms with Crippen molar-refractivity contribution in [1.29, 1.82) is 0 Å². The van der Waals surface area contributed by atoms with Gasteiger partial charge in [0.25, 0.3) is 0 Å². The normalized spacial score (nSPS) is 10.0. The molecule has 0 atom stereocenters. The fraction of sp³-hybridized carbons (Fsp3) is 0.273. The fourth-order valence-corrected chi connectivity index (χ4v) is 1.39. The number of ketones is 1.